The van der Waals surface area contributed by atoms with Gasteiger partial charge in [0.25, 0.3) is 0 Å². The Kier molecular flexibility index (Phi) is 4.47. The molecular formula is C15H21N5O. The summed E-state index contributed by atoms with van der Waals surface area (Å²) in [4.78, 5) is 10.8. The zero-order chi connectivity index (χ0) is 15.4. The van der Waals surface area contributed by atoms with Crippen LogP contribution < -0.4 is 16.4 Å². The van der Waals surface area contributed by atoms with Gasteiger partial charge in [-0.15, -0.1) is 0 Å². The van der Waals surface area contributed by atoms with Crippen molar-refractivity contribution in [2.45, 2.75) is 32.9 Å². The third-order valence-corrected chi connectivity index (χ3v) is 3.19. The SMILES string of the molecule is CC(Nc1cnn(C(C)C)c1)c1ccc(NC(N)=O)cc1. The largest absolute Gasteiger partial charge is 0.376 e. The number of hydrogen-bond donors (Lipinski definition) is 3. The highest BCUT2D eigenvalue weighted by atomic mass is 16.2. The molecule has 0 saturated carbocycles. The van der Waals surface area contributed by atoms with E-state index in [2.05, 4.69) is 36.5 Å². The topological polar surface area (TPSA) is 85.0 Å². The van der Waals surface area contributed by atoms with Gasteiger partial charge < -0.3 is 16.4 Å². The van der Waals surface area contributed by atoms with E-state index in [-0.39, 0.29) is 6.04 Å². The summed E-state index contributed by atoms with van der Waals surface area (Å²) in [6, 6.07) is 7.49. The Morgan fingerprint density at radius 3 is 2.38 bits per heavy atom. The lowest BCUT2D eigenvalue weighted by molar-refractivity contribution is 0.259. The Balaban J connectivity index is 2.02. The summed E-state index contributed by atoms with van der Waals surface area (Å²) in [6.45, 7) is 6.25. The number of anilines is 2. The predicted octanol–water partition coefficient (Wildman–Crippen LogP) is 3.13. The van der Waals surface area contributed by atoms with Crippen LogP contribution in [0.2, 0.25) is 0 Å². The summed E-state index contributed by atoms with van der Waals surface area (Å²) in [6.07, 6.45) is 3.81. The van der Waals surface area contributed by atoms with Crippen LogP contribution in [0.25, 0.3) is 0 Å². The lowest BCUT2D eigenvalue weighted by Gasteiger charge is -2.14. The minimum atomic E-state index is -0.560. The number of amides is 2. The summed E-state index contributed by atoms with van der Waals surface area (Å²) in [7, 11) is 0. The highest BCUT2D eigenvalue weighted by molar-refractivity contribution is 5.87. The number of primary amides is 1. The molecule has 0 saturated heterocycles. The predicted molar refractivity (Wildman–Crippen MR) is 84.3 cm³/mol. The van der Waals surface area contributed by atoms with Gasteiger partial charge in [0.15, 0.2) is 0 Å². The first-order chi connectivity index (χ1) is 9.95. The van der Waals surface area contributed by atoms with E-state index < -0.39 is 6.03 Å². The minimum Gasteiger partial charge on any atom is -0.376 e. The summed E-state index contributed by atoms with van der Waals surface area (Å²) >= 11 is 0. The monoisotopic (exact) mass is 287 g/mol. The van der Waals surface area contributed by atoms with E-state index in [1.165, 1.54) is 0 Å². The molecule has 1 aromatic carbocycles. The van der Waals surface area contributed by atoms with Gasteiger partial charge in [-0.2, -0.15) is 5.10 Å². The van der Waals surface area contributed by atoms with Gasteiger partial charge in [0.05, 0.1) is 11.9 Å². The van der Waals surface area contributed by atoms with Crippen LogP contribution in [0, 0.1) is 0 Å². The van der Waals surface area contributed by atoms with Crippen LogP contribution in [-0.4, -0.2) is 15.8 Å². The molecule has 112 valence electrons. The van der Waals surface area contributed by atoms with Gasteiger partial charge in [0, 0.05) is 24.0 Å². The van der Waals surface area contributed by atoms with Crippen LogP contribution in [0.4, 0.5) is 16.2 Å². The maximum absolute atomic E-state index is 10.8. The molecule has 0 fully saturated rings. The molecule has 6 heteroatoms. The average Bonchev–Trinajstić information content (AvgIpc) is 2.87. The van der Waals surface area contributed by atoms with E-state index in [0.29, 0.717) is 11.7 Å². The van der Waals surface area contributed by atoms with Crippen molar-refractivity contribution in [3.63, 3.8) is 0 Å². The molecule has 2 amide bonds. The van der Waals surface area contributed by atoms with Crippen molar-refractivity contribution in [3.8, 4) is 0 Å². The van der Waals surface area contributed by atoms with Gasteiger partial charge in [-0.3, -0.25) is 4.68 Å². The molecule has 1 atom stereocenters. The molecule has 21 heavy (non-hydrogen) atoms. The Bertz CT molecular complexity index is 603. The maximum atomic E-state index is 10.8. The van der Waals surface area contributed by atoms with Crippen LogP contribution >= 0.6 is 0 Å². The Morgan fingerprint density at radius 1 is 1.19 bits per heavy atom. The first-order valence-corrected chi connectivity index (χ1v) is 6.93. The van der Waals surface area contributed by atoms with Crippen molar-refractivity contribution < 1.29 is 4.79 Å². The van der Waals surface area contributed by atoms with Gasteiger partial charge in [-0.05, 0) is 38.5 Å². The number of rotatable bonds is 5. The van der Waals surface area contributed by atoms with Crippen molar-refractivity contribution in [1.29, 1.82) is 0 Å². The van der Waals surface area contributed by atoms with Crippen molar-refractivity contribution >= 4 is 17.4 Å². The molecule has 4 N–H and O–H groups in total. The molecule has 6 nitrogen and oxygen atoms in total. The maximum Gasteiger partial charge on any atom is 0.316 e. The van der Waals surface area contributed by atoms with E-state index in [0.717, 1.165) is 11.3 Å². The summed E-state index contributed by atoms with van der Waals surface area (Å²) in [5.74, 6) is 0. The first-order valence-electron chi connectivity index (χ1n) is 6.93. The fraction of sp³-hybridized carbons (Fsp3) is 0.333. The lowest BCUT2D eigenvalue weighted by Crippen LogP contribution is -2.19. The van der Waals surface area contributed by atoms with E-state index in [1.807, 2.05) is 41.3 Å². The average molecular weight is 287 g/mol. The van der Waals surface area contributed by atoms with Crippen LogP contribution in [0.1, 0.15) is 38.4 Å². The highest BCUT2D eigenvalue weighted by Crippen LogP contribution is 2.21. The minimum absolute atomic E-state index is 0.137. The van der Waals surface area contributed by atoms with Gasteiger partial charge in [0.2, 0.25) is 0 Å². The standard InChI is InChI=1S/C15H21N5O/c1-10(2)20-9-14(8-17-20)18-11(3)12-4-6-13(7-5-12)19-15(16)21/h4-11,18H,1-3H3,(H3,16,19,21). The fourth-order valence-electron chi connectivity index (χ4n) is 2.03. The summed E-state index contributed by atoms with van der Waals surface area (Å²) in [5.41, 5.74) is 7.86. The highest BCUT2D eigenvalue weighted by Gasteiger charge is 2.08. The van der Waals surface area contributed by atoms with Gasteiger partial charge in [-0.25, -0.2) is 4.79 Å². The van der Waals surface area contributed by atoms with E-state index >= 15 is 0 Å². The second kappa shape index (κ2) is 6.30. The number of urea groups is 1. The molecule has 2 rings (SSSR count). The third-order valence-electron chi connectivity index (χ3n) is 3.19. The van der Waals surface area contributed by atoms with Crippen molar-refractivity contribution in [1.82, 2.24) is 9.78 Å². The van der Waals surface area contributed by atoms with E-state index in [1.54, 1.807) is 0 Å². The second-order valence-corrected chi connectivity index (χ2v) is 5.28. The third kappa shape index (κ3) is 3.98. The summed E-state index contributed by atoms with van der Waals surface area (Å²) < 4.78 is 1.91. The molecular weight excluding hydrogens is 266 g/mol. The lowest BCUT2D eigenvalue weighted by atomic mass is 10.1. The Morgan fingerprint density at radius 2 is 1.86 bits per heavy atom. The molecule has 0 aliphatic rings. The molecule has 0 spiro atoms. The molecule has 1 unspecified atom stereocenters. The van der Waals surface area contributed by atoms with Gasteiger partial charge in [0.1, 0.15) is 0 Å². The number of hydrogen-bond acceptors (Lipinski definition) is 3. The van der Waals surface area contributed by atoms with Crippen molar-refractivity contribution in [2.24, 2.45) is 5.73 Å². The molecule has 0 aliphatic heterocycles. The normalized spacial score (nSPS) is 12.2. The van der Waals surface area contributed by atoms with Crippen molar-refractivity contribution in [2.75, 3.05) is 10.6 Å². The van der Waals surface area contributed by atoms with Gasteiger partial charge in [-0.1, -0.05) is 12.1 Å². The van der Waals surface area contributed by atoms with Crippen LogP contribution in [0.3, 0.4) is 0 Å². The zero-order valence-corrected chi connectivity index (χ0v) is 12.5. The van der Waals surface area contributed by atoms with E-state index in [4.69, 9.17) is 5.73 Å². The van der Waals surface area contributed by atoms with Gasteiger partial charge >= 0.3 is 6.03 Å². The number of aromatic nitrogens is 2. The first kappa shape index (κ1) is 14.9. The smallest absolute Gasteiger partial charge is 0.316 e. The number of carbonyl (C=O) groups excluding carboxylic acids is 1. The molecule has 2 aromatic rings. The van der Waals surface area contributed by atoms with Crippen LogP contribution in [-0.2, 0) is 0 Å². The molecule has 0 aliphatic carbocycles. The van der Waals surface area contributed by atoms with Crippen LogP contribution in [0.5, 0.6) is 0 Å². The number of benzene rings is 1. The Hall–Kier alpha value is -2.50. The summed E-state index contributed by atoms with van der Waals surface area (Å²) in [5, 5.41) is 10.2. The molecule has 0 radical (unpaired) electrons. The van der Waals surface area contributed by atoms with Crippen molar-refractivity contribution in [3.05, 3.63) is 42.2 Å². The zero-order valence-electron chi connectivity index (χ0n) is 12.5. The molecule has 1 heterocycles. The Labute approximate surface area is 124 Å². The van der Waals surface area contributed by atoms with Crippen LogP contribution in [0.15, 0.2) is 36.7 Å². The second-order valence-electron chi connectivity index (χ2n) is 5.28. The number of nitrogens with two attached hydrogens (primary N) is 1. The molecule has 1 aromatic heterocycles. The molecule has 0 bridgehead atoms. The van der Waals surface area contributed by atoms with E-state index in [9.17, 15) is 4.79 Å². The number of nitrogens with one attached hydrogen (secondary N) is 2. The quantitative estimate of drug-likeness (QED) is 0.789. The fourth-order valence-corrected chi connectivity index (χ4v) is 2.03. The number of carbonyl (C=O) groups is 1. The number of nitrogens with zero attached hydrogens (tertiary/aromatic N) is 2.